The molecule has 0 amide bonds. The van der Waals surface area contributed by atoms with E-state index in [1.165, 1.54) is 11.3 Å². The average Bonchev–Trinajstić information content (AvgIpc) is 3.24. The predicted molar refractivity (Wildman–Crippen MR) is 107 cm³/mol. The fourth-order valence-corrected chi connectivity index (χ4v) is 3.89. The smallest absolute Gasteiger partial charge is 0.119 e. The maximum atomic E-state index is 5.33. The number of pyridine rings is 1. The van der Waals surface area contributed by atoms with Crippen LogP contribution in [0.25, 0.3) is 11.3 Å². The molecule has 0 bridgehead atoms. The zero-order valence-electron chi connectivity index (χ0n) is 15.7. The third kappa shape index (κ3) is 4.37. The second-order valence-electron chi connectivity index (χ2n) is 7.21. The maximum Gasteiger partial charge on any atom is 0.119 e. The summed E-state index contributed by atoms with van der Waals surface area (Å²) in [6.45, 7) is 1.05. The normalized spacial score (nSPS) is 19.7. The lowest BCUT2D eigenvalue weighted by molar-refractivity contribution is 0.343. The number of hydrogen-bond acceptors (Lipinski definition) is 4. The Morgan fingerprint density at radius 1 is 1.19 bits per heavy atom. The minimum absolute atomic E-state index is 0.527. The van der Waals surface area contributed by atoms with Gasteiger partial charge in [0.1, 0.15) is 5.75 Å². The molecule has 2 aromatic heterocycles. The Kier molecular flexibility index (Phi) is 5.49. The molecule has 2 N–H and O–H groups in total. The quantitative estimate of drug-likeness (QED) is 0.697. The summed E-state index contributed by atoms with van der Waals surface area (Å²) in [5, 5.41) is 11.4. The van der Waals surface area contributed by atoms with Gasteiger partial charge in [0.25, 0.3) is 0 Å². The molecule has 1 aromatic carbocycles. The van der Waals surface area contributed by atoms with Crippen LogP contribution < -0.4 is 10.1 Å². The summed E-state index contributed by atoms with van der Waals surface area (Å²) < 4.78 is 5.33. The van der Waals surface area contributed by atoms with Crippen LogP contribution in [0.1, 0.15) is 36.4 Å². The van der Waals surface area contributed by atoms with E-state index < -0.39 is 0 Å². The molecule has 5 heteroatoms. The molecule has 2 atom stereocenters. The molecule has 1 saturated heterocycles. The van der Waals surface area contributed by atoms with Crippen molar-refractivity contribution in [3.8, 4) is 17.0 Å². The van der Waals surface area contributed by atoms with Crippen LogP contribution in [-0.2, 0) is 6.42 Å². The fraction of sp³-hybridized carbons (Fsp3) is 0.364. The Hall–Kier alpha value is -2.66. The number of hydrogen-bond donors (Lipinski definition) is 2. The highest BCUT2D eigenvalue weighted by Gasteiger charge is 2.24. The monoisotopic (exact) mass is 362 g/mol. The van der Waals surface area contributed by atoms with Gasteiger partial charge in [-0.1, -0.05) is 12.1 Å². The Morgan fingerprint density at radius 3 is 3.00 bits per heavy atom. The lowest BCUT2D eigenvalue weighted by Gasteiger charge is -2.29. The molecule has 3 heterocycles. The van der Waals surface area contributed by atoms with Gasteiger partial charge in [0.15, 0.2) is 0 Å². The van der Waals surface area contributed by atoms with Crippen molar-refractivity contribution in [1.29, 1.82) is 0 Å². The number of ether oxygens (including phenoxy) is 1. The number of benzene rings is 1. The van der Waals surface area contributed by atoms with Gasteiger partial charge in [-0.2, -0.15) is 5.10 Å². The third-order valence-electron chi connectivity index (χ3n) is 5.41. The molecular formula is C22H26N4O. The second kappa shape index (κ2) is 8.35. The first kappa shape index (κ1) is 17.7. The van der Waals surface area contributed by atoms with Crippen molar-refractivity contribution in [2.75, 3.05) is 13.7 Å². The van der Waals surface area contributed by atoms with Crippen molar-refractivity contribution in [3.63, 3.8) is 0 Å². The summed E-state index contributed by atoms with van der Waals surface area (Å²) in [6, 6.07) is 15.1. The number of aromatic nitrogens is 3. The number of piperidine rings is 1. The SMILES string of the molecule is COc1cccc(CCC2CC(c3cc(-c4cccnc4)n[nH]3)CCN2)c1. The molecule has 27 heavy (non-hydrogen) atoms. The van der Waals surface area contributed by atoms with Crippen molar-refractivity contribution in [2.24, 2.45) is 0 Å². The van der Waals surface area contributed by atoms with Crippen LogP contribution in [0.3, 0.4) is 0 Å². The van der Waals surface area contributed by atoms with Gasteiger partial charge >= 0.3 is 0 Å². The lowest BCUT2D eigenvalue weighted by Crippen LogP contribution is -2.37. The van der Waals surface area contributed by atoms with Crippen LogP contribution >= 0.6 is 0 Å². The number of H-pyrrole nitrogens is 1. The van der Waals surface area contributed by atoms with Crippen LogP contribution in [-0.4, -0.2) is 34.9 Å². The molecule has 1 aliphatic heterocycles. The summed E-state index contributed by atoms with van der Waals surface area (Å²) >= 11 is 0. The molecular weight excluding hydrogens is 336 g/mol. The van der Waals surface area contributed by atoms with Crippen molar-refractivity contribution >= 4 is 0 Å². The number of nitrogens with zero attached hydrogens (tertiary/aromatic N) is 2. The summed E-state index contributed by atoms with van der Waals surface area (Å²) in [5.74, 6) is 1.46. The number of rotatable bonds is 6. The van der Waals surface area contributed by atoms with Crippen molar-refractivity contribution in [2.45, 2.75) is 37.6 Å². The van der Waals surface area contributed by atoms with Gasteiger partial charge in [-0.25, -0.2) is 0 Å². The second-order valence-corrected chi connectivity index (χ2v) is 7.21. The minimum Gasteiger partial charge on any atom is -0.497 e. The van der Waals surface area contributed by atoms with Crippen LogP contribution in [0.4, 0.5) is 0 Å². The highest BCUT2D eigenvalue weighted by atomic mass is 16.5. The van der Waals surface area contributed by atoms with Crippen LogP contribution in [0, 0.1) is 0 Å². The van der Waals surface area contributed by atoms with E-state index in [1.54, 1.807) is 13.3 Å². The third-order valence-corrected chi connectivity index (χ3v) is 5.41. The molecule has 2 unspecified atom stereocenters. The predicted octanol–water partition coefficient (Wildman–Crippen LogP) is 3.95. The van der Waals surface area contributed by atoms with Crippen LogP contribution in [0.15, 0.2) is 54.9 Å². The Labute approximate surface area is 160 Å². The van der Waals surface area contributed by atoms with E-state index in [4.69, 9.17) is 4.74 Å². The van der Waals surface area contributed by atoms with E-state index in [2.05, 4.69) is 44.8 Å². The first-order chi connectivity index (χ1) is 13.3. The van der Waals surface area contributed by atoms with E-state index in [1.807, 2.05) is 24.4 Å². The van der Waals surface area contributed by atoms with E-state index in [-0.39, 0.29) is 0 Å². The number of nitrogens with one attached hydrogen (secondary N) is 2. The zero-order chi connectivity index (χ0) is 18.5. The Morgan fingerprint density at radius 2 is 2.15 bits per heavy atom. The lowest BCUT2D eigenvalue weighted by atomic mass is 9.87. The van der Waals surface area contributed by atoms with E-state index >= 15 is 0 Å². The number of aromatic amines is 1. The largest absolute Gasteiger partial charge is 0.497 e. The van der Waals surface area contributed by atoms with Crippen molar-refractivity contribution in [1.82, 2.24) is 20.5 Å². The van der Waals surface area contributed by atoms with Gasteiger partial charge in [-0.15, -0.1) is 0 Å². The maximum absolute atomic E-state index is 5.33. The average molecular weight is 362 g/mol. The molecule has 0 spiro atoms. The minimum atomic E-state index is 0.527. The zero-order valence-corrected chi connectivity index (χ0v) is 15.7. The van der Waals surface area contributed by atoms with E-state index in [0.717, 1.165) is 49.2 Å². The van der Waals surface area contributed by atoms with Crippen LogP contribution in [0.5, 0.6) is 5.75 Å². The molecule has 5 nitrogen and oxygen atoms in total. The Bertz CT molecular complexity index is 862. The summed E-state index contributed by atoms with van der Waals surface area (Å²) in [6.07, 6.45) is 8.12. The molecule has 1 aliphatic rings. The van der Waals surface area contributed by atoms with Gasteiger partial charge in [0.05, 0.1) is 12.8 Å². The standard InChI is InChI=1S/C22H26N4O/c1-27-20-6-2-4-16(12-20)7-8-19-13-17(9-11-24-19)21-14-22(26-25-21)18-5-3-10-23-15-18/h2-6,10,12,14-15,17,19,24H,7-9,11,13H2,1H3,(H,25,26). The van der Waals surface area contributed by atoms with Gasteiger partial charge < -0.3 is 10.1 Å². The molecule has 140 valence electrons. The summed E-state index contributed by atoms with van der Waals surface area (Å²) in [4.78, 5) is 4.19. The fourth-order valence-electron chi connectivity index (χ4n) is 3.89. The van der Waals surface area contributed by atoms with Crippen molar-refractivity contribution in [3.05, 3.63) is 66.1 Å². The summed E-state index contributed by atoms with van der Waals surface area (Å²) in [7, 11) is 1.72. The Balaban J connectivity index is 1.37. The van der Waals surface area contributed by atoms with E-state index in [9.17, 15) is 0 Å². The highest BCUT2D eigenvalue weighted by Crippen LogP contribution is 2.30. The van der Waals surface area contributed by atoms with Gasteiger partial charge in [-0.3, -0.25) is 10.1 Å². The van der Waals surface area contributed by atoms with Crippen LogP contribution in [0.2, 0.25) is 0 Å². The van der Waals surface area contributed by atoms with Gasteiger partial charge in [0, 0.05) is 35.6 Å². The molecule has 0 radical (unpaired) electrons. The molecule has 1 fully saturated rings. The van der Waals surface area contributed by atoms with E-state index in [0.29, 0.717) is 12.0 Å². The molecule has 0 saturated carbocycles. The first-order valence-corrected chi connectivity index (χ1v) is 9.64. The topological polar surface area (TPSA) is 62.8 Å². The van der Waals surface area contributed by atoms with Gasteiger partial charge in [0.2, 0.25) is 0 Å². The number of methoxy groups -OCH3 is 1. The van der Waals surface area contributed by atoms with Crippen molar-refractivity contribution < 1.29 is 4.74 Å². The summed E-state index contributed by atoms with van der Waals surface area (Å²) in [5.41, 5.74) is 4.61. The number of aryl methyl sites for hydroxylation is 1. The molecule has 3 aromatic rings. The first-order valence-electron chi connectivity index (χ1n) is 9.64. The molecule has 4 rings (SSSR count). The highest BCUT2D eigenvalue weighted by molar-refractivity contribution is 5.57. The van der Waals surface area contributed by atoms with Gasteiger partial charge in [-0.05, 0) is 68.1 Å². The molecule has 0 aliphatic carbocycles.